The summed E-state index contributed by atoms with van der Waals surface area (Å²) in [5.41, 5.74) is 5.73. The zero-order valence-corrected chi connectivity index (χ0v) is 15.0. The van der Waals surface area contributed by atoms with E-state index in [0.717, 1.165) is 22.1 Å². The lowest BCUT2D eigenvalue weighted by atomic mass is 10.0. The molecule has 0 aliphatic rings. The Balaban J connectivity index is 1.76. The van der Waals surface area contributed by atoms with Gasteiger partial charge in [0.2, 0.25) is 0 Å². The van der Waals surface area contributed by atoms with Crippen LogP contribution in [-0.4, -0.2) is 0 Å². The molecular formula is C24H18ClN. The van der Waals surface area contributed by atoms with Crippen LogP contribution in [0.5, 0.6) is 0 Å². The zero-order chi connectivity index (χ0) is 17.8. The molecule has 0 aliphatic carbocycles. The van der Waals surface area contributed by atoms with Gasteiger partial charge in [-0.2, -0.15) is 0 Å². The summed E-state index contributed by atoms with van der Waals surface area (Å²) in [5, 5.41) is 0.737. The molecule has 0 aromatic heterocycles. The Kier molecular flexibility index (Phi) is 4.72. The third-order valence-corrected chi connectivity index (χ3v) is 4.58. The number of hydrogen-bond acceptors (Lipinski definition) is 1. The molecule has 0 bridgehead atoms. The van der Waals surface area contributed by atoms with Crippen LogP contribution in [0.25, 0.3) is 11.1 Å². The summed E-state index contributed by atoms with van der Waals surface area (Å²) in [4.78, 5) is 2.23. The van der Waals surface area contributed by atoms with Gasteiger partial charge in [-0.05, 0) is 59.7 Å². The average Bonchev–Trinajstić information content (AvgIpc) is 2.72. The lowest BCUT2D eigenvalue weighted by Crippen LogP contribution is -2.09. The minimum Gasteiger partial charge on any atom is -0.311 e. The minimum absolute atomic E-state index is 0.737. The molecule has 26 heavy (non-hydrogen) atoms. The van der Waals surface area contributed by atoms with Gasteiger partial charge in [-0.15, -0.1) is 0 Å². The monoisotopic (exact) mass is 355 g/mol. The number of anilines is 3. The lowest BCUT2D eigenvalue weighted by molar-refractivity contribution is 1.28. The molecular weight excluding hydrogens is 338 g/mol. The Bertz CT molecular complexity index is 962. The first kappa shape index (κ1) is 16.4. The van der Waals surface area contributed by atoms with Gasteiger partial charge >= 0.3 is 0 Å². The van der Waals surface area contributed by atoms with E-state index >= 15 is 0 Å². The molecule has 4 aromatic rings. The molecule has 0 amide bonds. The second-order valence-corrected chi connectivity index (χ2v) is 6.50. The predicted octanol–water partition coefficient (Wildman–Crippen LogP) is 7.48. The Morgan fingerprint density at radius 3 is 1.42 bits per heavy atom. The normalized spacial score (nSPS) is 10.5. The SMILES string of the molecule is Clc1ccc(N(c2ccccc2)c2ccc(-c3ccccc3)cc2)cc1. The number of nitrogens with zero attached hydrogens (tertiary/aromatic N) is 1. The van der Waals surface area contributed by atoms with Gasteiger partial charge in [0.25, 0.3) is 0 Å². The summed E-state index contributed by atoms with van der Waals surface area (Å²) in [5.74, 6) is 0. The van der Waals surface area contributed by atoms with E-state index in [-0.39, 0.29) is 0 Å². The molecule has 0 saturated heterocycles. The Morgan fingerprint density at radius 2 is 0.846 bits per heavy atom. The zero-order valence-electron chi connectivity index (χ0n) is 14.2. The van der Waals surface area contributed by atoms with Crippen LogP contribution in [0.15, 0.2) is 109 Å². The van der Waals surface area contributed by atoms with Crippen molar-refractivity contribution in [2.24, 2.45) is 0 Å². The van der Waals surface area contributed by atoms with Crippen molar-refractivity contribution in [1.82, 2.24) is 0 Å². The molecule has 0 fully saturated rings. The van der Waals surface area contributed by atoms with Crippen LogP contribution in [-0.2, 0) is 0 Å². The molecule has 0 spiro atoms. The fourth-order valence-electron chi connectivity index (χ4n) is 3.05. The van der Waals surface area contributed by atoms with Crippen LogP contribution in [0, 0.1) is 0 Å². The van der Waals surface area contributed by atoms with Crippen molar-refractivity contribution in [2.75, 3.05) is 4.90 Å². The van der Waals surface area contributed by atoms with E-state index in [2.05, 4.69) is 77.7 Å². The van der Waals surface area contributed by atoms with Crippen molar-refractivity contribution < 1.29 is 0 Å². The van der Waals surface area contributed by atoms with Gasteiger partial charge in [-0.3, -0.25) is 0 Å². The Morgan fingerprint density at radius 1 is 0.423 bits per heavy atom. The molecule has 4 rings (SSSR count). The standard InChI is InChI=1S/C24H18ClN/c25-21-13-17-24(18-14-21)26(22-9-5-2-6-10-22)23-15-11-20(12-16-23)19-7-3-1-4-8-19/h1-18H. The maximum absolute atomic E-state index is 6.08. The van der Waals surface area contributed by atoms with Crippen molar-refractivity contribution in [3.8, 4) is 11.1 Å². The van der Waals surface area contributed by atoms with E-state index in [4.69, 9.17) is 11.6 Å². The minimum atomic E-state index is 0.737. The van der Waals surface area contributed by atoms with Gasteiger partial charge in [0.1, 0.15) is 0 Å². The molecule has 0 radical (unpaired) electrons. The van der Waals surface area contributed by atoms with Crippen LogP contribution >= 0.6 is 11.6 Å². The number of hydrogen-bond donors (Lipinski definition) is 0. The maximum atomic E-state index is 6.08. The van der Waals surface area contributed by atoms with Crippen LogP contribution < -0.4 is 4.90 Å². The molecule has 0 N–H and O–H groups in total. The van der Waals surface area contributed by atoms with Crippen LogP contribution in [0.3, 0.4) is 0 Å². The van der Waals surface area contributed by atoms with Crippen molar-refractivity contribution in [3.63, 3.8) is 0 Å². The van der Waals surface area contributed by atoms with E-state index in [1.165, 1.54) is 11.1 Å². The Hall–Kier alpha value is -3.03. The quantitative estimate of drug-likeness (QED) is 0.367. The molecule has 1 nitrogen and oxygen atoms in total. The summed E-state index contributed by atoms with van der Waals surface area (Å²) in [6.07, 6.45) is 0. The largest absolute Gasteiger partial charge is 0.311 e. The molecule has 126 valence electrons. The highest BCUT2D eigenvalue weighted by molar-refractivity contribution is 6.30. The topological polar surface area (TPSA) is 3.24 Å². The third-order valence-electron chi connectivity index (χ3n) is 4.33. The highest BCUT2D eigenvalue weighted by Gasteiger charge is 2.12. The first-order valence-electron chi connectivity index (χ1n) is 8.57. The maximum Gasteiger partial charge on any atom is 0.0462 e. The van der Waals surface area contributed by atoms with Crippen molar-refractivity contribution in [3.05, 3.63) is 114 Å². The molecule has 0 atom stereocenters. The summed E-state index contributed by atoms with van der Waals surface area (Å²) in [7, 11) is 0. The first-order valence-corrected chi connectivity index (χ1v) is 8.95. The van der Waals surface area contributed by atoms with Crippen molar-refractivity contribution in [1.29, 1.82) is 0 Å². The molecule has 0 unspecified atom stereocenters. The summed E-state index contributed by atoms with van der Waals surface area (Å²) in [6.45, 7) is 0. The molecule has 0 aliphatic heterocycles. The van der Waals surface area contributed by atoms with E-state index in [1.807, 2.05) is 36.4 Å². The van der Waals surface area contributed by atoms with E-state index < -0.39 is 0 Å². The predicted molar refractivity (Wildman–Crippen MR) is 112 cm³/mol. The van der Waals surface area contributed by atoms with Crippen LogP contribution in [0.1, 0.15) is 0 Å². The van der Waals surface area contributed by atoms with Crippen molar-refractivity contribution >= 4 is 28.7 Å². The molecule has 0 saturated carbocycles. The fraction of sp³-hybridized carbons (Fsp3) is 0. The number of benzene rings is 4. The first-order chi connectivity index (χ1) is 12.8. The third kappa shape index (κ3) is 3.49. The highest BCUT2D eigenvalue weighted by atomic mass is 35.5. The second kappa shape index (κ2) is 7.47. The number of para-hydroxylation sites is 1. The van der Waals surface area contributed by atoms with Crippen molar-refractivity contribution in [2.45, 2.75) is 0 Å². The van der Waals surface area contributed by atoms with Gasteiger partial charge < -0.3 is 4.90 Å². The van der Waals surface area contributed by atoms with Gasteiger partial charge in [-0.25, -0.2) is 0 Å². The summed E-state index contributed by atoms with van der Waals surface area (Å²) in [6, 6.07) is 37.3. The van der Waals surface area contributed by atoms with Gasteiger partial charge in [-0.1, -0.05) is 72.3 Å². The van der Waals surface area contributed by atoms with E-state index in [1.54, 1.807) is 0 Å². The summed E-state index contributed by atoms with van der Waals surface area (Å²) >= 11 is 6.08. The molecule has 4 aromatic carbocycles. The Labute approximate surface area is 159 Å². The van der Waals surface area contributed by atoms with E-state index in [9.17, 15) is 0 Å². The van der Waals surface area contributed by atoms with Gasteiger partial charge in [0, 0.05) is 22.1 Å². The van der Waals surface area contributed by atoms with Gasteiger partial charge in [0.05, 0.1) is 0 Å². The number of rotatable bonds is 4. The average molecular weight is 356 g/mol. The van der Waals surface area contributed by atoms with E-state index in [0.29, 0.717) is 0 Å². The lowest BCUT2D eigenvalue weighted by Gasteiger charge is -2.25. The van der Waals surface area contributed by atoms with Crippen LogP contribution in [0.2, 0.25) is 5.02 Å². The fourth-order valence-corrected chi connectivity index (χ4v) is 3.17. The molecule has 0 heterocycles. The van der Waals surface area contributed by atoms with Gasteiger partial charge in [0.15, 0.2) is 0 Å². The summed E-state index contributed by atoms with van der Waals surface area (Å²) < 4.78 is 0. The highest BCUT2D eigenvalue weighted by Crippen LogP contribution is 2.35. The molecule has 2 heteroatoms. The second-order valence-electron chi connectivity index (χ2n) is 6.06. The van der Waals surface area contributed by atoms with Crippen LogP contribution in [0.4, 0.5) is 17.1 Å². The number of halogens is 1. The smallest absolute Gasteiger partial charge is 0.0462 e.